The fourth-order valence-electron chi connectivity index (χ4n) is 4.50. The molecular weight excluding hydrogens is 466 g/mol. The van der Waals surface area contributed by atoms with Gasteiger partial charge < -0.3 is 16.0 Å². The lowest BCUT2D eigenvalue weighted by Crippen LogP contribution is -2.41. The van der Waals surface area contributed by atoms with Gasteiger partial charge in [0.05, 0.1) is 17.8 Å². The van der Waals surface area contributed by atoms with Crippen LogP contribution in [0.2, 0.25) is 0 Å². The van der Waals surface area contributed by atoms with Gasteiger partial charge in [-0.1, -0.05) is 30.3 Å². The second-order valence-electron chi connectivity index (χ2n) is 9.01. The Labute approximate surface area is 206 Å². The normalized spacial score (nSPS) is 20.1. The molecule has 1 aromatic carbocycles. The van der Waals surface area contributed by atoms with Gasteiger partial charge in [-0.05, 0) is 49.5 Å². The molecule has 0 saturated carbocycles. The van der Waals surface area contributed by atoms with E-state index in [-0.39, 0.29) is 23.7 Å². The molecule has 1 atom stereocenters. The van der Waals surface area contributed by atoms with Gasteiger partial charge in [-0.25, -0.2) is 13.4 Å². The summed E-state index contributed by atoms with van der Waals surface area (Å²) in [5.74, 6) is -0.116. The van der Waals surface area contributed by atoms with Gasteiger partial charge in [0.15, 0.2) is 0 Å². The maximum Gasteiger partial charge on any atom is 0.236 e. The predicted molar refractivity (Wildman–Crippen MR) is 136 cm³/mol. The molecule has 3 heterocycles. The van der Waals surface area contributed by atoms with Crippen LogP contribution in [0.4, 0.5) is 11.5 Å². The monoisotopic (exact) mass is 497 g/mol. The van der Waals surface area contributed by atoms with Gasteiger partial charge in [0.2, 0.25) is 21.8 Å². The highest BCUT2D eigenvalue weighted by molar-refractivity contribution is 7.92. The molecule has 0 spiro atoms. The van der Waals surface area contributed by atoms with Crippen molar-refractivity contribution in [1.29, 1.82) is 0 Å². The van der Waals surface area contributed by atoms with Gasteiger partial charge in [-0.3, -0.25) is 9.59 Å². The Bertz CT molecular complexity index is 1160. The molecule has 3 N–H and O–H groups in total. The first-order valence-corrected chi connectivity index (χ1v) is 13.4. The molecule has 0 bridgehead atoms. The van der Waals surface area contributed by atoms with E-state index in [1.165, 1.54) is 9.71 Å². The van der Waals surface area contributed by atoms with E-state index in [1.54, 1.807) is 18.3 Å². The quantitative estimate of drug-likeness (QED) is 0.605. The maximum atomic E-state index is 12.8. The van der Waals surface area contributed by atoms with Crippen LogP contribution in [0, 0.1) is 11.8 Å². The molecular formula is C25H31N5O4S. The molecule has 2 aliphatic heterocycles. The van der Waals surface area contributed by atoms with Gasteiger partial charge in [0, 0.05) is 37.5 Å². The highest BCUT2D eigenvalue weighted by atomic mass is 32.2. The number of rotatable bonds is 7. The van der Waals surface area contributed by atoms with Crippen molar-refractivity contribution in [1.82, 2.24) is 9.29 Å². The van der Waals surface area contributed by atoms with Crippen molar-refractivity contribution in [3.05, 3.63) is 59.6 Å². The maximum absolute atomic E-state index is 12.8. The van der Waals surface area contributed by atoms with Crippen LogP contribution < -0.4 is 16.0 Å². The Balaban J connectivity index is 1.28. The van der Waals surface area contributed by atoms with Gasteiger partial charge in [0.25, 0.3) is 0 Å². The van der Waals surface area contributed by atoms with Crippen LogP contribution in [0.5, 0.6) is 0 Å². The van der Waals surface area contributed by atoms with Crippen molar-refractivity contribution in [2.75, 3.05) is 36.4 Å². The molecule has 2 fully saturated rings. The molecule has 186 valence electrons. The third-order valence-electron chi connectivity index (χ3n) is 6.58. The van der Waals surface area contributed by atoms with Crippen LogP contribution in [0.15, 0.2) is 54.1 Å². The summed E-state index contributed by atoms with van der Waals surface area (Å²) < 4.78 is 26.7. The molecule has 4 rings (SSSR count). The second-order valence-corrected chi connectivity index (χ2v) is 10.8. The fourth-order valence-corrected chi connectivity index (χ4v) is 5.72. The van der Waals surface area contributed by atoms with E-state index in [4.69, 9.17) is 5.73 Å². The first-order valence-electron chi connectivity index (χ1n) is 11.9. The summed E-state index contributed by atoms with van der Waals surface area (Å²) in [6.45, 7) is 1.96. The summed E-state index contributed by atoms with van der Waals surface area (Å²) in [7, 11) is -3.54. The summed E-state index contributed by atoms with van der Waals surface area (Å²) >= 11 is 0. The third-order valence-corrected chi connectivity index (χ3v) is 8.14. The molecule has 1 aromatic heterocycles. The average molecular weight is 498 g/mol. The van der Waals surface area contributed by atoms with Crippen LogP contribution in [-0.2, 0) is 19.6 Å². The van der Waals surface area contributed by atoms with Gasteiger partial charge in [0.1, 0.15) is 5.82 Å². The van der Waals surface area contributed by atoms with Crippen LogP contribution in [0.1, 0.15) is 31.2 Å². The van der Waals surface area contributed by atoms with Crippen molar-refractivity contribution in [3.63, 3.8) is 0 Å². The molecule has 2 aliphatic rings. The minimum atomic E-state index is -3.54. The largest absolute Gasteiger partial charge is 0.369 e. The molecule has 0 aliphatic carbocycles. The van der Waals surface area contributed by atoms with Crippen LogP contribution in [0.25, 0.3) is 6.08 Å². The Morgan fingerprint density at radius 2 is 1.74 bits per heavy atom. The van der Waals surface area contributed by atoms with Gasteiger partial charge in [-0.2, -0.15) is 4.31 Å². The Morgan fingerprint density at radius 1 is 1.00 bits per heavy atom. The molecule has 2 amide bonds. The number of carbonyl (C=O) groups excluding carboxylic acids is 2. The Hall–Kier alpha value is -3.24. The minimum absolute atomic E-state index is 0.136. The van der Waals surface area contributed by atoms with E-state index in [1.807, 2.05) is 41.3 Å². The van der Waals surface area contributed by atoms with Gasteiger partial charge >= 0.3 is 0 Å². The summed E-state index contributed by atoms with van der Waals surface area (Å²) in [5, 5.41) is 4.12. The van der Waals surface area contributed by atoms with Gasteiger partial charge in [-0.15, -0.1) is 0 Å². The Kier molecular flexibility index (Phi) is 7.82. The number of hydrogen-bond acceptors (Lipinski definition) is 6. The number of nitrogens with two attached hydrogens (primary N) is 1. The molecule has 1 unspecified atom stereocenters. The van der Waals surface area contributed by atoms with Crippen LogP contribution >= 0.6 is 0 Å². The number of nitrogens with one attached hydrogen (secondary N) is 1. The lowest BCUT2D eigenvalue weighted by atomic mass is 9.97. The SMILES string of the molecule is NC(=O)C1CCCN(c2ccc(NC(=O)C3CCN(S(=O)(=O)/C=C/c4ccccc4)CC3)cn2)C1. The van der Waals surface area contributed by atoms with Crippen LogP contribution in [0.3, 0.4) is 0 Å². The number of benzene rings is 1. The molecule has 0 radical (unpaired) electrons. The van der Waals surface area contributed by atoms with Crippen molar-refractivity contribution in [2.45, 2.75) is 25.7 Å². The van der Waals surface area contributed by atoms with E-state index < -0.39 is 10.0 Å². The zero-order valence-electron chi connectivity index (χ0n) is 19.5. The average Bonchev–Trinajstić information content (AvgIpc) is 2.89. The number of nitrogens with zero attached hydrogens (tertiary/aromatic N) is 3. The number of piperidine rings is 2. The number of aromatic nitrogens is 1. The highest BCUT2D eigenvalue weighted by Gasteiger charge is 2.30. The molecule has 9 nitrogen and oxygen atoms in total. The summed E-state index contributed by atoms with van der Waals surface area (Å²) in [5.41, 5.74) is 6.86. The number of hydrogen-bond donors (Lipinski definition) is 2. The van der Waals surface area contributed by atoms with E-state index in [2.05, 4.69) is 10.3 Å². The molecule has 35 heavy (non-hydrogen) atoms. The topological polar surface area (TPSA) is 126 Å². The fraction of sp³-hybridized carbons (Fsp3) is 0.400. The number of amides is 2. The Morgan fingerprint density at radius 3 is 2.40 bits per heavy atom. The second kappa shape index (κ2) is 11.0. The number of carbonyl (C=O) groups is 2. The number of sulfonamides is 1. The van der Waals surface area contributed by atoms with Crippen molar-refractivity contribution < 1.29 is 18.0 Å². The molecule has 10 heteroatoms. The number of primary amides is 1. The molecule has 2 saturated heterocycles. The first-order chi connectivity index (χ1) is 16.8. The molecule has 2 aromatic rings. The van der Waals surface area contributed by atoms with Crippen LogP contribution in [-0.4, -0.2) is 55.7 Å². The third kappa shape index (κ3) is 6.46. The first kappa shape index (κ1) is 24.9. The predicted octanol–water partition coefficient (Wildman–Crippen LogP) is 2.43. The van der Waals surface area contributed by atoms with E-state index in [0.717, 1.165) is 30.8 Å². The minimum Gasteiger partial charge on any atom is -0.369 e. The lowest BCUT2D eigenvalue weighted by molar-refractivity contribution is -0.122. The number of pyridine rings is 1. The summed E-state index contributed by atoms with van der Waals surface area (Å²) in [6, 6.07) is 12.9. The zero-order chi connectivity index (χ0) is 24.8. The highest BCUT2D eigenvalue weighted by Crippen LogP contribution is 2.25. The summed E-state index contributed by atoms with van der Waals surface area (Å²) in [4.78, 5) is 30.8. The smallest absolute Gasteiger partial charge is 0.236 e. The van der Waals surface area contributed by atoms with Crippen molar-refractivity contribution in [3.8, 4) is 0 Å². The van der Waals surface area contributed by atoms with Crippen molar-refractivity contribution >= 4 is 39.4 Å². The van der Waals surface area contributed by atoms with E-state index in [9.17, 15) is 18.0 Å². The van der Waals surface area contributed by atoms with E-state index >= 15 is 0 Å². The summed E-state index contributed by atoms with van der Waals surface area (Å²) in [6.07, 6.45) is 5.78. The zero-order valence-corrected chi connectivity index (χ0v) is 20.4. The van der Waals surface area contributed by atoms with E-state index in [0.29, 0.717) is 38.2 Å². The standard InChI is InChI=1S/C25H31N5O4S/c26-24(31)21-7-4-13-29(18-21)23-9-8-22(17-27-23)28-25(32)20-10-14-30(15-11-20)35(33,34)16-12-19-5-2-1-3-6-19/h1-3,5-6,8-9,12,16-17,20-21H,4,7,10-11,13-15,18H2,(H2,26,31)(H,28,32)/b16-12+. The van der Waals surface area contributed by atoms with Crippen molar-refractivity contribution in [2.24, 2.45) is 17.6 Å². The lowest BCUT2D eigenvalue weighted by Gasteiger charge is -2.32. The number of anilines is 2.